The lowest BCUT2D eigenvalue weighted by Gasteiger charge is -2.29. The first-order chi connectivity index (χ1) is 16.4. The summed E-state index contributed by atoms with van der Waals surface area (Å²) in [5.74, 6) is 1.35. The Morgan fingerprint density at radius 3 is 2.59 bits per heavy atom. The van der Waals surface area contributed by atoms with Crippen LogP contribution in [0.5, 0.6) is 5.75 Å². The van der Waals surface area contributed by atoms with Crippen LogP contribution in [-0.2, 0) is 4.79 Å². The highest BCUT2D eigenvalue weighted by molar-refractivity contribution is 9.10. The van der Waals surface area contributed by atoms with Gasteiger partial charge in [-0.15, -0.1) is 0 Å². The van der Waals surface area contributed by atoms with E-state index < -0.39 is 0 Å². The average Bonchev–Trinajstić information content (AvgIpc) is 3.15. The number of aryl methyl sites for hydroxylation is 3. The smallest absolute Gasteiger partial charge is 0.277 e. The van der Waals surface area contributed by atoms with Crippen molar-refractivity contribution in [1.82, 2.24) is 15.2 Å². The largest absolute Gasteiger partial charge is 0.482 e. The average molecular weight is 524 g/mol. The van der Waals surface area contributed by atoms with Gasteiger partial charge in [-0.1, -0.05) is 24.3 Å². The Balaban J connectivity index is 1.50. The summed E-state index contributed by atoms with van der Waals surface area (Å²) in [7, 11) is 0. The molecule has 1 N–H and O–H groups in total. The van der Waals surface area contributed by atoms with Gasteiger partial charge in [0.1, 0.15) is 11.6 Å². The van der Waals surface area contributed by atoms with Crippen LogP contribution in [0.1, 0.15) is 41.6 Å². The number of para-hydroxylation sites is 1. The molecule has 3 aromatic rings. The van der Waals surface area contributed by atoms with Crippen LogP contribution in [0.15, 0.2) is 52.0 Å². The molecule has 0 aliphatic carbocycles. The number of aromatic nitrogens is 2. The summed E-state index contributed by atoms with van der Waals surface area (Å²) in [6.07, 6.45) is 5.23. The van der Waals surface area contributed by atoms with Gasteiger partial charge in [0.15, 0.2) is 6.61 Å². The van der Waals surface area contributed by atoms with Crippen molar-refractivity contribution in [3.05, 3.63) is 69.3 Å². The third-order valence-corrected chi connectivity index (χ3v) is 6.43. The molecule has 0 bridgehead atoms. The minimum atomic E-state index is -0.323. The molecule has 1 aliphatic rings. The van der Waals surface area contributed by atoms with E-state index in [0.717, 1.165) is 64.3 Å². The molecule has 1 amide bonds. The third-order valence-electron chi connectivity index (χ3n) is 5.84. The summed E-state index contributed by atoms with van der Waals surface area (Å²) in [6, 6.07) is 14.1. The van der Waals surface area contributed by atoms with Crippen LogP contribution < -0.4 is 15.1 Å². The predicted octanol–water partition coefficient (Wildman–Crippen LogP) is 5.08. The highest BCUT2D eigenvalue weighted by atomic mass is 79.9. The van der Waals surface area contributed by atoms with Gasteiger partial charge in [0, 0.05) is 13.1 Å². The van der Waals surface area contributed by atoms with Gasteiger partial charge in [0.25, 0.3) is 5.91 Å². The Morgan fingerprint density at radius 2 is 1.88 bits per heavy atom. The molecule has 0 spiro atoms. The van der Waals surface area contributed by atoms with Crippen molar-refractivity contribution in [2.24, 2.45) is 5.10 Å². The highest BCUT2D eigenvalue weighted by Gasteiger charge is 2.22. The molecule has 0 saturated carbocycles. The molecular weight excluding hydrogens is 494 g/mol. The number of carbonyl (C=O) groups excluding carboxylic acids is 1. The van der Waals surface area contributed by atoms with Gasteiger partial charge in [0.2, 0.25) is 0 Å². The summed E-state index contributed by atoms with van der Waals surface area (Å²) in [5, 5.41) is 9.04. The molecule has 2 heterocycles. The summed E-state index contributed by atoms with van der Waals surface area (Å²) in [6.45, 7) is 7.77. The molecule has 34 heavy (non-hydrogen) atoms. The Kier molecular flexibility index (Phi) is 7.67. The fraction of sp³-hybridized carbons (Fsp3) is 0.346. The number of anilines is 1. The van der Waals surface area contributed by atoms with Crippen LogP contribution in [0.4, 0.5) is 5.82 Å². The van der Waals surface area contributed by atoms with Crippen LogP contribution in [-0.4, -0.2) is 41.6 Å². The number of nitrogens with zero attached hydrogens (tertiary/aromatic N) is 4. The highest BCUT2D eigenvalue weighted by Crippen LogP contribution is 2.30. The van der Waals surface area contributed by atoms with Crippen LogP contribution in [0.2, 0.25) is 0 Å². The molecule has 2 aromatic carbocycles. The number of nitrogens with one attached hydrogen (secondary N) is 1. The minimum Gasteiger partial charge on any atom is -0.482 e. The second-order valence-corrected chi connectivity index (χ2v) is 9.45. The van der Waals surface area contributed by atoms with Gasteiger partial charge in [-0.05, 0) is 85.3 Å². The molecule has 0 radical (unpaired) electrons. The molecule has 8 heteroatoms. The predicted molar refractivity (Wildman–Crippen MR) is 139 cm³/mol. The van der Waals surface area contributed by atoms with Crippen molar-refractivity contribution >= 4 is 33.9 Å². The van der Waals surface area contributed by atoms with Crippen molar-refractivity contribution < 1.29 is 9.53 Å². The molecule has 1 aromatic heterocycles. The topological polar surface area (TPSA) is 71.7 Å². The maximum absolute atomic E-state index is 12.4. The summed E-state index contributed by atoms with van der Waals surface area (Å²) < 4.78 is 8.54. The number of piperidine rings is 1. The van der Waals surface area contributed by atoms with E-state index in [1.165, 1.54) is 6.42 Å². The van der Waals surface area contributed by atoms with E-state index in [1.54, 1.807) is 6.21 Å². The Labute approximate surface area is 208 Å². The third kappa shape index (κ3) is 5.50. The number of carbonyl (C=O) groups is 1. The van der Waals surface area contributed by atoms with Crippen molar-refractivity contribution in [2.45, 2.75) is 40.0 Å². The van der Waals surface area contributed by atoms with Crippen molar-refractivity contribution in [3.63, 3.8) is 0 Å². The van der Waals surface area contributed by atoms with Gasteiger partial charge in [0.05, 0.1) is 27.6 Å². The molecule has 4 rings (SSSR count). The van der Waals surface area contributed by atoms with E-state index in [4.69, 9.17) is 9.84 Å². The lowest BCUT2D eigenvalue weighted by molar-refractivity contribution is -0.123. The van der Waals surface area contributed by atoms with Crippen LogP contribution in [0.25, 0.3) is 5.69 Å². The summed E-state index contributed by atoms with van der Waals surface area (Å²) >= 11 is 3.51. The number of hydrogen-bond acceptors (Lipinski definition) is 5. The van der Waals surface area contributed by atoms with E-state index in [1.807, 2.05) is 67.9 Å². The zero-order valence-corrected chi connectivity index (χ0v) is 21.4. The van der Waals surface area contributed by atoms with Crippen LogP contribution >= 0.6 is 15.9 Å². The van der Waals surface area contributed by atoms with Crippen LogP contribution in [0.3, 0.4) is 0 Å². The van der Waals surface area contributed by atoms with Crippen LogP contribution in [0, 0.1) is 20.8 Å². The first kappa shape index (κ1) is 24.0. The van der Waals surface area contributed by atoms with Gasteiger partial charge >= 0.3 is 0 Å². The van der Waals surface area contributed by atoms with E-state index in [2.05, 4.69) is 31.4 Å². The number of benzene rings is 2. The fourth-order valence-corrected chi connectivity index (χ4v) is 5.05. The van der Waals surface area contributed by atoms with E-state index in [-0.39, 0.29) is 12.5 Å². The molecular formula is C26H30BrN5O2. The lowest BCUT2D eigenvalue weighted by atomic mass is 10.1. The van der Waals surface area contributed by atoms with E-state index >= 15 is 0 Å². The molecule has 1 aliphatic heterocycles. The fourth-order valence-electron chi connectivity index (χ4n) is 4.26. The van der Waals surface area contributed by atoms with Crippen molar-refractivity contribution in [3.8, 4) is 11.4 Å². The first-order valence-electron chi connectivity index (χ1n) is 11.6. The minimum absolute atomic E-state index is 0.124. The van der Waals surface area contributed by atoms with Gasteiger partial charge in [-0.2, -0.15) is 10.2 Å². The Hall–Kier alpha value is -3.13. The summed E-state index contributed by atoms with van der Waals surface area (Å²) in [4.78, 5) is 14.8. The van der Waals surface area contributed by atoms with Gasteiger partial charge in [-0.3, -0.25) is 4.79 Å². The zero-order valence-electron chi connectivity index (χ0n) is 19.8. The second kappa shape index (κ2) is 10.9. The van der Waals surface area contributed by atoms with Crippen molar-refractivity contribution in [1.29, 1.82) is 0 Å². The molecule has 0 atom stereocenters. The monoisotopic (exact) mass is 523 g/mol. The molecule has 7 nitrogen and oxygen atoms in total. The van der Waals surface area contributed by atoms with E-state index in [9.17, 15) is 4.79 Å². The first-order valence-corrected chi connectivity index (χ1v) is 12.3. The number of rotatable bonds is 7. The number of ether oxygens (including phenoxy) is 1. The maximum atomic E-state index is 12.4. The maximum Gasteiger partial charge on any atom is 0.277 e. The van der Waals surface area contributed by atoms with Gasteiger partial charge in [-0.25, -0.2) is 10.1 Å². The zero-order chi connectivity index (χ0) is 24.1. The number of hydrogen-bond donors (Lipinski definition) is 1. The molecule has 1 saturated heterocycles. The number of hydrazone groups is 1. The Morgan fingerprint density at radius 1 is 1.15 bits per heavy atom. The molecule has 0 unspecified atom stereocenters. The molecule has 1 fully saturated rings. The standard InChI is InChI=1S/C26H30BrN5O2/c1-18-14-19(2)25(23(27)15-18)34-17-24(33)29-28-16-22-20(3)30-32(21-10-6-4-7-11-21)26(22)31-12-8-5-9-13-31/h4,6-7,10-11,14-16H,5,8-9,12-13,17H2,1-3H3,(H,29,33). The normalized spacial score (nSPS) is 13.9. The summed E-state index contributed by atoms with van der Waals surface area (Å²) in [5.41, 5.74) is 7.46. The van der Waals surface area contributed by atoms with Crippen molar-refractivity contribution in [2.75, 3.05) is 24.6 Å². The lowest BCUT2D eigenvalue weighted by Crippen LogP contribution is -2.32. The van der Waals surface area contributed by atoms with Gasteiger partial charge < -0.3 is 9.64 Å². The number of amides is 1. The number of halogens is 1. The SMILES string of the molecule is Cc1cc(C)c(OCC(=O)NN=Cc2c(C)nn(-c3ccccc3)c2N2CCCCC2)c(Br)c1. The van der Waals surface area contributed by atoms with E-state index in [0.29, 0.717) is 5.75 Å². The Bertz CT molecular complexity index is 1160. The molecule has 178 valence electrons. The quantitative estimate of drug-likeness (QED) is 0.346. The second-order valence-electron chi connectivity index (χ2n) is 8.59.